The van der Waals surface area contributed by atoms with E-state index < -0.39 is 0 Å². The minimum atomic E-state index is 0.419. The molecule has 6 fully saturated rings. The zero-order valence-corrected chi connectivity index (χ0v) is 18.7. The molecular formula is C26H42O4. The van der Waals surface area contributed by atoms with E-state index in [1.165, 1.54) is 77.0 Å². The quantitative estimate of drug-likeness (QED) is 0.547. The molecule has 2 heterocycles. The third-order valence-electron chi connectivity index (χ3n) is 9.72. The highest BCUT2D eigenvalue weighted by Gasteiger charge is 2.42. The van der Waals surface area contributed by atoms with Crippen molar-refractivity contribution in [3.05, 3.63) is 0 Å². The number of epoxide rings is 2. The normalized spacial score (nSPS) is 50.4. The Hall–Kier alpha value is -0.160. The Morgan fingerprint density at radius 1 is 0.467 bits per heavy atom. The molecule has 0 aromatic rings. The minimum Gasteiger partial charge on any atom is -0.375 e. The highest BCUT2D eigenvalue weighted by atomic mass is 16.6. The molecule has 10 atom stereocenters. The molecule has 6 aliphatic rings. The van der Waals surface area contributed by atoms with Crippen molar-refractivity contribution in [2.24, 2.45) is 35.5 Å². The van der Waals surface area contributed by atoms with Crippen molar-refractivity contribution >= 4 is 0 Å². The summed E-state index contributed by atoms with van der Waals surface area (Å²) in [5.41, 5.74) is 0. The van der Waals surface area contributed by atoms with E-state index in [9.17, 15) is 0 Å². The lowest BCUT2D eigenvalue weighted by Crippen LogP contribution is -2.39. The second-order valence-corrected chi connectivity index (χ2v) is 11.6. The average molecular weight is 419 g/mol. The van der Waals surface area contributed by atoms with Crippen molar-refractivity contribution in [3.63, 3.8) is 0 Å². The van der Waals surface area contributed by atoms with Crippen molar-refractivity contribution in [1.29, 1.82) is 0 Å². The van der Waals surface area contributed by atoms with Crippen LogP contribution in [0.3, 0.4) is 0 Å². The first-order valence-corrected chi connectivity index (χ1v) is 13.3. The van der Waals surface area contributed by atoms with Crippen molar-refractivity contribution in [2.75, 3.05) is 26.4 Å². The lowest BCUT2D eigenvalue weighted by Gasteiger charge is -2.48. The smallest absolute Gasteiger partial charge is 0.104 e. The van der Waals surface area contributed by atoms with E-state index in [-0.39, 0.29) is 0 Å². The summed E-state index contributed by atoms with van der Waals surface area (Å²) >= 11 is 0. The molecule has 0 bridgehead atoms. The number of fused-ring (bicyclic) bond motifs is 2. The average Bonchev–Trinajstić information content (AvgIpc) is 3.70. The van der Waals surface area contributed by atoms with Gasteiger partial charge in [-0.05, 0) is 113 Å². The number of hydrogen-bond acceptors (Lipinski definition) is 4. The topological polar surface area (TPSA) is 43.5 Å². The molecule has 4 saturated carbocycles. The highest BCUT2D eigenvalue weighted by molar-refractivity contribution is 4.93. The Bertz CT molecular complexity index is 523. The summed E-state index contributed by atoms with van der Waals surface area (Å²) in [7, 11) is 0. The molecule has 30 heavy (non-hydrogen) atoms. The molecule has 0 aromatic heterocycles. The van der Waals surface area contributed by atoms with Gasteiger partial charge in [-0.2, -0.15) is 0 Å². The lowest BCUT2D eigenvalue weighted by molar-refractivity contribution is -0.0433. The van der Waals surface area contributed by atoms with Crippen LogP contribution in [0.2, 0.25) is 0 Å². The molecule has 0 spiro atoms. The molecule has 170 valence electrons. The molecule has 0 radical (unpaired) electrons. The fourth-order valence-corrected chi connectivity index (χ4v) is 7.74. The van der Waals surface area contributed by atoms with E-state index in [2.05, 4.69) is 0 Å². The second-order valence-electron chi connectivity index (χ2n) is 11.6. The summed E-state index contributed by atoms with van der Waals surface area (Å²) in [6, 6.07) is 0. The zero-order chi connectivity index (χ0) is 19.9. The summed E-state index contributed by atoms with van der Waals surface area (Å²) in [5, 5.41) is 0. The Morgan fingerprint density at radius 3 is 1.17 bits per heavy atom. The first kappa shape index (κ1) is 20.4. The molecule has 2 aliphatic heterocycles. The Kier molecular flexibility index (Phi) is 6.13. The molecule has 4 heteroatoms. The largest absolute Gasteiger partial charge is 0.375 e. The summed E-state index contributed by atoms with van der Waals surface area (Å²) in [4.78, 5) is 0. The summed E-state index contributed by atoms with van der Waals surface area (Å²) in [6.45, 7) is 3.53. The van der Waals surface area contributed by atoms with Gasteiger partial charge < -0.3 is 18.9 Å². The van der Waals surface area contributed by atoms with Gasteiger partial charge in [0.2, 0.25) is 0 Å². The molecule has 0 amide bonds. The predicted molar refractivity (Wildman–Crippen MR) is 115 cm³/mol. The standard InChI is InChI=1S/C26H42O4/c1-3-21-11-23(27-13-25-15-29-25)7-5-19(21)9-17(1)18-2-4-22-12-24(8-6-20(22)10-18)28-14-26-16-30-26/h17-26H,1-16H2. The predicted octanol–water partition coefficient (Wildman–Crippen LogP) is 4.99. The van der Waals surface area contributed by atoms with E-state index >= 15 is 0 Å². The van der Waals surface area contributed by atoms with Crippen LogP contribution in [0.15, 0.2) is 0 Å². The van der Waals surface area contributed by atoms with Gasteiger partial charge in [0.1, 0.15) is 12.2 Å². The van der Waals surface area contributed by atoms with Crippen LogP contribution < -0.4 is 0 Å². The van der Waals surface area contributed by atoms with E-state index in [0.29, 0.717) is 24.4 Å². The fourth-order valence-electron chi connectivity index (χ4n) is 7.74. The van der Waals surface area contributed by atoms with Crippen LogP contribution in [0.25, 0.3) is 0 Å². The van der Waals surface area contributed by atoms with E-state index in [4.69, 9.17) is 18.9 Å². The van der Waals surface area contributed by atoms with Crippen LogP contribution in [0.5, 0.6) is 0 Å². The Morgan fingerprint density at radius 2 is 0.800 bits per heavy atom. The van der Waals surface area contributed by atoms with Crippen LogP contribution in [0, 0.1) is 35.5 Å². The highest BCUT2D eigenvalue weighted by Crippen LogP contribution is 2.51. The molecule has 4 aliphatic carbocycles. The van der Waals surface area contributed by atoms with Gasteiger partial charge in [-0.1, -0.05) is 0 Å². The molecule has 10 unspecified atom stereocenters. The number of ether oxygens (including phenoxy) is 4. The zero-order valence-electron chi connectivity index (χ0n) is 18.7. The van der Waals surface area contributed by atoms with Gasteiger partial charge in [0.05, 0.1) is 38.6 Å². The Labute approximate surface area is 182 Å². The van der Waals surface area contributed by atoms with Gasteiger partial charge in [0.25, 0.3) is 0 Å². The van der Waals surface area contributed by atoms with Crippen molar-refractivity contribution in [2.45, 2.75) is 101 Å². The van der Waals surface area contributed by atoms with E-state index in [1.54, 1.807) is 0 Å². The molecule has 0 aromatic carbocycles. The van der Waals surface area contributed by atoms with Crippen molar-refractivity contribution < 1.29 is 18.9 Å². The van der Waals surface area contributed by atoms with Crippen molar-refractivity contribution in [1.82, 2.24) is 0 Å². The monoisotopic (exact) mass is 418 g/mol. The number of hydrogen-bond donors (Lipinski definition) is 0. The third-order valence-corrected chi connectivity index (χ3v) is 9.72. The van der Waals surface area contributed by atoms with Crippen molar-refractivity contribution in [3.8, 4) is 0 Å². The molecular weight excluding hydrogens is 376 g/mol. The van der Waals surface area contributed by atoms with Gasteiger partial charge in [-0.15, -0.1) is 0 Å². The van der Waals surface area contributed by atoms with Gasteiger partial charge in [-0.3, -0.25) is 0 Å². The van der Waals surface area contributed by atoms with Gasteiger partial charge in [0.15, 0.2) is 0 Å². The number of rotatable bonds is 7. The van der Waals surface area contributed by atoms with Crippen LogP contribution in [0.4, 0.5) is 0 Å². The van der Waals surface area contributed by atoms with Gasteiger partial charge in [0, 0.05) is 0 Å². The molecule has 6 rings (SSSR count). The fraction of sp³-hybridized carbons (Fsp3) is 1.00. The maximum atomic E-state index is 6.16. The Balaban J connectivity index is 0.952. The summed E-state index contributed by atoms with van der Waals surface area (Å²) < 4.78 is 23.0. The molecule has 0 N–H and O–H groups in total. The van der Waals surface area contributed by atoms with Crippen LogP contribution in [-0.2, 0) is 18.9 Å². The SMILES string of the molecule is C1CC2CC(C3CCC4CC(OCC5CO5)CCC4C3)CCC2CC1OCC1CO1. The lowest BCUT2D eigenvalue weighted by atomic mass is 9.59. The molecule has 2 saturated heterocycles. The van der Waals surface area contributed by atoms with E-state index in [0.717, 1.165) is 61.9 Å². The van der Waals surface area contributed by atoms with Gasteiger partial charge >= 0.3 is 0 Å². The maximum Gasteiger partial charge on any atom is 0.104 e. The summed E-state index contributed by atoms with van der Waals surface area (Å²) in [6.07, 6.45) is 18.9. The van der Waals surface area contributed by atoms with Crippen LogP contribution in [-0.4, -0.2) is 50.8 Å². The molecule has 4 nitrogen and oxygen atoms in total. The second kappa shape index (κ2) is 9.00. The van der Waals surface area contributed by atoms with Crippen LogP contribution in [0.1, 0.15) is 77.0 Å². The summed E-state index contributed by atoms with van der Waals surface area (Å²) in [5.74, 6) is 5.91. The maximum absolute atomic E-state index is 6.16. The van der Waals surface area contributed by atoms with E-state index in [1.807, 2.05) is 0 Å². The van der Waals surface area contributed by atoms with Crippen LogP contribution >= 0.6 is 0 Å². The first-order valence-electron chi connectivity index (χ1n) is 13.3. The minimum absolute atomic E-state index is 0.419. The first-order chi connectivity index (χ1) is 14.8. The third kappa shape index (κ3) is 4.92. The van der Waals surface area contributed by atoms with Gasteiger partial charge in [-0.25, -0.2) is 0 Å².